The van der Waals surface area contributed by atoms with Crippen LogP contribution in [0.15, 0.2) is 0 Å². The average Bonchev–Trinajstić information content (AvgIpc) is 2.39. The lowest BCUT2D eigenvalue weighted by atomic mass is 9.75. The van der Waals surface area contributed by atoms with Crippen molar-refractivity contribution < 1.29 is 9.53 Å². The van der Waals surface area contributed by atoms with Gasteiger partial charge in [-0.1, -0.05) is 13.8 Å². The highest BCUT2D eigenvalue weighted by Gasteiger charge is 2.31. The summed E-state index contributed by atoms with van der Waals surface area (Å²) in [6.07, 6.45) is 5.30. The molecule has 0 radical (unpaired) electrons. The highest BCUT2D eigenvalue weighted by atomic mass is 16.5. The van der Waals surface area contributed by atoms with Crippen molar-refractivity contribution in [1.82, 2.24) is 10.2 Å². The lowest BCUT2D eigenvalue weighted by molar-refractivity contribution is -0.134. The summed E-state index contributed by atoms with van der Waals surface area (Å²) < 4.78 is 5.40. The monoisotopic (exact) mass is 268 g/mol. The minimum absolute atomic E-state index is 0.198. The van der Waals surface area contributed by atoms with Crippen LogP contribution < -0.4 is 5.32 Å². The first-order valence-corrected chi connectivity index (χ1v) is 7.55. The third-order valence-electron chi connectivity index (χ3n) is 4.67. The number of amides is 1. The molecule has 0 aromatic rings. The van der Waals surface area contributed by atoms with Gasteiger partial charge in [0.05, 0.1) is 13.2 Å². The molecule has 1 heterocycles. The van der Waals surface area contributed by atoms with Gasteiger partial charge in [0, 0.05) is 32.1 Å². The van der Waals surface area contributed by atoms with Gasteiger partial charge in [-0.05, 0) is 31.1 Å². The summed E-state index contributed by atoms with van der Waals surface area (Å²) in [6.45, 7) is 6.94. The number of hydrogen-bond donors (Lipinski definition) is 1. The first-order valence-electron chi connectivity index (χ1n) is 7.55. The Labute approximate surface area is 116 Å². The van der Waals surface area contributed by atoms with Crippen LogP contribution in [0.5, 0.6) is 0 Å². The average molecular weight is 268 g/mol. The normalized spacial score (nSPS) is 28.1. The van der Waals surface area contributed by atoms with E-state index in [1.807, 2.05) is 11.9 Å². The zero-order valence-electron chi connectivity index (χ0n) is 12.6. The van der Waals surface area contributed by atoms with Crippen molar-refractivity contribution in [2.45, 2.75) is 58.0 Å². The predicted molar refractivity (Wildman–Crippen MR) is 76.0 cm³/mol. The molecule has 0 spiro atoms. The molecule has 1 aliphatic carbocycles. The molecule has 110 valence electrons. The second-order valence-electron chi connectivity index (χ2n) is 6.83. The van der Waals surface area contributed by atoms with Gasteiger partial charge >= 0.3 is 0 Å². The number of morpholine rings is 1. The van der Waals surface area contributed by atoms with Crippen molar-refractivity contribution >= 4 is 5.91 Å². The Morgan fingerprint density at radius 2 is 2.05 bits per heavy atom. The Morgan fingerprint density at radius 1 is 1.37 bits per heavy atom. The second-order valence-corrected chi connectivity index (χ2v) is 6.83. The van der Waals surface area contributed by atoms with Crippen molar-refractivity contribution in [3.05, 3.63) is 0 Å². The number of nitrogens with one attached hydrogen (secondary N) is 1. The predicted octanol–water partition coefficient (Wildman–Crippen LogP) is 1.79. The first kappa shape index (κ1) is 14.8. The Kier molecular flexibility index (Phi) is 4.85. The molecule has 1 amide bonds. The SMILES string of the molecule is CN(C(=O)CC1COCCN1)C1CCC(C)(C)CC1. The molecule has 1 saturated carbocycles. The van der Waals surface area contributed by atoms with Gasteiger partial charge in [-0.15, -0.1) is 0 Å². The lowest BCUT2D eigenvalue weighted by Gasteiger charge is -2.39. The Morgan fingerprint density at radius 3 is 2.63 bits per heavy atom. The quantitative estimate of drug-likeness (QED) is 0.848. The van der Waals surface area contributed by atoms with E-state index in [-0.39, 0.29) is 11.9 Å². The van der Waals surface area contributed by atoms with Gasteiger partial charge in [0.2, 0.25) is 5.91 Å². The molecule has 1 atom stereocenters. The number of carbonyl (C=O) groups is 1. The topological polar surface area (TPSA) is 41.6 Å². The lowest BCUT2D eigenvalue weighted by Crippen LogP contribution is -2.47. The summed E-state index contributed by atoms with van der Waals surface area (Å²) in [6, 6.07) is 0.633. The molecule has 1 N–H and O–H groups in total. The highest BCUT2D eigenvalue weighted by Crippen LogP contribution is 2.36. The zero-order chi connectivity index (χ0) is 13.9. The fraction of sp³-hybridized carbons (Fsp3) is 0.933. The standard InChI is InChI=1S/C15H28N2O2/c1-15(2)6-4-13(5-7-15)17(3)14(18)10-12-11-19-9-8-16-12/h12-13,16H,4-11H2,1-3H3. The molecule has 1 aliphatic heterocycles. The molecule has 1 saturated heterocycles. The summed E-state index contributed by atoms with van der Waals surface area (Å²) in [4.78, 5) is 14.3. The summed E-state index contributed by atoms with van der Waals surface area (Å²) in [5, 5.41) is 3.35. The summed E-state index contributed by atoms with van der Waals surface area (Å²) >= 11 is 0. The van der Waals surface area contributed by atoms with Crippen LogP contribution >= 0.6 is 0 Å². The van der Waals surface area contributed by atoms with Gasteiger partial charge in [-0.3, -0.25) is 4.79 Å². The minimum atomic E-state index is 0.198. The van der Waals surface area contributed by atoms with Crippen LogP contribution in [0.3, 0.4) is 0 Å². The van der Waals surface area contributed by atoms with Crippen molar-refractivity contribution in [3.8, 4) is 0 Å². The van der Waals surface area contributed by atoms with E-state index in [4.69, 9.17) is 4.74 Å². The van der Waals surface area contributed by atoms with Crippen LogP contribution in [-0.2, 0) is 9.53 Å². The van der Waals surface area contributed by atoms with E-state index >= 15 is 0 Å². The molecule has 4 heteroatoms. The number of nitrogens with zero attached hydrogens (tertiary/aromatic N) is 1. The van der Waals surface area contributed by atoms with Gasteiger partial charge in [0.15, 0.2) is 0 Å². The van der Waals surface area contributed by atoms with E-state index in [1.165, 1.54) is 12.8 Å². The van der Waals surface area contributed by atoms with E-state index in [1.54, 1.807) is 0 Å². The minimum Gasteiger partial charge on any atom is -0.378 e. The first-order chi connectivity index (χ1) is 8.98. The zero-order valence-corrected chi connectivity index (χ0v) is 12.6. The van der Waals surface area contributed by atoms with E-state index in [0.29, 0.717) is 24.5 Å². The largest absolute Gasteiger partial charge is 0.378 e. The van der Waals surface area contributed by atoms with E-state index in [2.05, 4.69) is 19.2 Å². The van der Waals surface area contributed by atoms with Crippen molar-refractivity contribution in [1.29, 1.82) is 0 Å². The van der Waals surface area contributed by atoms with Crippen LogP contribution in [0.25, 0.3) is 0 Å². The van der Waals surface area contributed by atoms with Crippen LogP contribution in [-0.4, -0.2) is 49.7 Å². The molecule has 0 aromatic heterocycles. The molecular formula is C15H28N2O2. The van der Waals surface area contributed by atoms with Gasteiger partial charge in [0.1, 0.15) is 0 Å². The number of rotatable bonds is 3. The Bertz CT molecular complexity index is 301. The molecule has 19 heavy (non-hydrogen) atoms. The Hall–Kier alpha value is -0.610. The van der Waals surface area contributed by atoms with E-state index in [9.17, 15) is 4.79 Å². The van der Waals surface area contributed by atoms with Gasteiger partial charge in [-0.25, -0.2) is 0 Å². The second kappa shape index (κ2) is 6.23. The summed E-state index contributed by atoms with van der Waals surface area (Å²) in [5.41, 5.74) is 0.457. The molecule has 1 unspecified atom stereocenters. The fourth-order valence-corrected chi connectivity index (χ4v) is 3.08. The maximum atomic E-state index is 12.3. The third-order valence-corrected chi connectivity index (χ3v) is 4.67. The van der Waals surface area contributed by atoms with Gasteiger partial charge < -0.3 is 15.0 Å². The highest BCUT2D eigenvalue weighted by molar-refractivity contribution is 5.77. The van der Waals surface area contributed by atoms with Crippen LogP contribution in [0, 0.1) is 5.41 Å². The van der Waals surface area contributed by atoms with Crippen molar-refractivity contribution in [3.63, 3.8) is 0 Å². The fourth-order valence-electron chi connectivity index (χ4n) is 3.08. The van der Waals surface area contributed by atoms with Crippen LogP contribution in [0.1, 0.15) is 46.0 Å². The molecule has 4 nitrogen and oxygen atoms in total. The molecule has 2 aliphatic rings. The molecule has 0 bridgehead atoms. The maximum absolute atomic E-state index is 12.3. The van der Waals surface area contributed by atoms with Crippen LogP contribution in [0.2, 0.25) is 0 Å². The number of carbonyl (C=O) groups excluding carboxylic acids is 1. The smallest absolute Gasteiger partial charge is 0.224 e. The van der Waals surface area contributed by atoms with Gasteiger partial charge in [-0.2, -0.15) is 0 Å². The Balaban J connectivity index is 1.78. The number of ether oxygens (including phenoxy) is 1. The van der Waals surface area contributed by atoms with E-state index < -0.39 is 0 Å². The van der Waals surface area contributed by atoms with Crippen LogP contribution in [0.4, 0.5) is 0 Å². The molecule has 0 aromatic carbocycles. The molecule has 2 rings (SSSR count). The summed E-state index contributed by atoms with van der Waals surface area (Å²) in [5.74, 6) is 0.257. The maximum Gasteiger partial charge on any atom is 0.224 e. The number of hydrogen-bond acceptors (Lipinski definition) is 3. The summed E-state index contributed by atoms with van der Waals surface area (Å²) in [7, 11) is 1.97. The molecular weight excluding hydrogens is 240 g/mol. The van der Waals surface area contributed by atoms with Gasteiger partial charge in [0.25, 0.3) is 0 Å². The molecule has 2 fully saturated rings. The van der Waals surface area contributed by atoms with Crippen molar-refractivity contribution in [2.75, 3.05) is 26.8 Å². The van der Waals surface area contributed by atoms with E-state index in [0.717, 1.165) is 26.0 Å². The third kappa shape index (κ3) is 4.18. The van der Waals surface area contributed by atoms with Crippen molar-refractivity contribution in [2.24, 2.45) is 5.41 Å².